The molecule has 3 aromatic rings. The van der Waals surface area contributed by atoms with E-state index in [1.165, 1.54) is 0 Å². The summed E-state index contributed by atoms with van der Waals surface area (Å²) in [5.74, 6) is -0.0243. The fraction of sp³-hybridized carbons (Fsp3) is 0.370. The first-order valence-electron chi connectivity index (χ1n) is 11.7. The molecule has 6 nitrogen and oxygen atoms in total. The van der Waals surface area contributed by atoms with Gasteiger partial charge in [0.2, 0.25) is 5.91 Å². The number of nitrogens with one attached hydrogen (secondary N) is 2. The van der Waals surface area contributed by atoms with E-state index in [0.29, 0.717) is 18.1 Å². The van der Waals surface area contributed by atoms with Crippen molar-refractivity contribution in [2.24, 2.45) is 0 Å². The highest BCUT2D eigenvalue weighted by molar-refractivity contribution is 7.80. The zero-order valence-electron chi connectivity index (χ0n) is 20.5. The summed E-state index contributed by atoms with van der Waals surface area (Å²) in [5.41, 5.74) is 5.08. The van der Waals surface area contributed by atoms with Crippen LogP contribution in [0.5, 0.6) is 0 Å². The Bertz CT molecular complexity index is 1180. The second-order valence-electron chi connectivity index (χ2n) is 9.96. The maximum Gasteiger partial charge on any atom is 0.226 e. The summed E-state index contributed by atoms with van der Waals surface area (Å²) >= 11 is 5.74. The van der Waals surface area contributed by atoms with E-state index in [1.807, 2.05) is 50.2 Å². The second kappa shape index (κ2) is 9.58. The molecule has 2 aromatic heterocycles. The summed E-state index contributed by atoms with van der Waals surface area (Å²) in [6.07, 6.45) is 6.43. The number of pyridine rings is 1. The number of amides is 1. The van der Waals surface area contributed by atoms with Crippen LogP contribution in [0.2, 0.25) is 0 Å². The summed E-state index contributed by atoms with van der Waals surface area (Å²) in [4.78, 5) is 19.6. The van der Waals surface area contributed by atoms with Crippen molar-refractivity contribution in [1.29, 1.82) is 0 Å². The van der Waals surface area contributed by atoms with Crippen molar-refractivity contribution in [3.05, 3.63) is 83.4 Å². The summed E-state index contributed by atoms with van der Waals surface area (Å²) in [6, 6.07) is 14.0. The van der Waals surface area contributed by atoms with E-state index >= 15 is 0 Å². The lowest BCUT2D eigenvalue weighted by Crippen LogP contribution is -2.32. The molecule has 1 aliphatic heterocycles. The van der Waals surface area contributed by atoms with Crippen molar-refractivity contribution >= 4 is 28.9 Å². The molecule has 1 saturated heterocycles. The molecule has 0 saturated carbocycles. The largest absolute Gasteiger partial charge is 0.352 e. The van der Waals surface area contributed by atoms with E-state index in [2.05, 4.69) is 64.3 Å². The van der Waals surface area contributed by atoms with Gasteiger partial charge in [-0.15, -0.1) is 0 Å². The average Bonchev–Trinajstić information content (AvgIpc) is 3.40. The molecule has 0 aliphatic carbocycles. The summed E-state index contributed by atoms with van der Waals surface area (Å²) in [7, 11) is 0. The third-order valence-electron chi connectivity index (χ3n) is 6.28. The topological polar surface area (TPSA) is 62.2 Å². The molecule has 2 N–H and O–H groups in total. The van der Waals surface area contributed by atoms with Gasteiger partial charge in [0.15, 0.2) is 5.11 Å². The lowest BCUT2D eigenvalue weighted by molar-refractivity contribution is -0.116. The molecule has 0 unspecified atom stereocenters. The minimum absolute atomic E-state index is 0.0243. The monoisotopic (exact) mass is 475 g/mol. The van der Waals surface area contributed by atoms with Crippen LogP contribution >= 0.6 is 12.2 Å². The molecule has 0 bridgehead atoms. The van der Waals surface area contributed by atoms with E-state index < -0.39 is 0 Å². The molecule has 2 atom stereocenters. The van der Waals surface area contributed by atoms with Crippen LogP contribution in [0.1, 0.15) is 61.7 Å². The van der Waals surface area contributed by atoms with Gasteiger partial charge >= 0.3 is 0 Å². The Morgan fingerprint density at radius 2 is 1.97 bits per heavy atom. The SMILES string of the molecule is Cc1ccc(C)c(NC(=O)CCN2C(=S)N[C@H](c3ccccn3)[C@H]2c2ccn(C(C)(C)C)c2)c1. The predicted octanol–water partition coefficient (Wildman–Crippen LogP) is 5.26. The fourth-order valence-electron chi connectivity index (χ4n) is 4.32. The van der Waals surface area contributed by atoms with Gasteiger partial charge in [0.05, 0.1) is 17.8 Å². The van der Waals surface area contributed by atoms with E-state index in [1.54, 1.807) is 6.20 Å². The van der Waals surface area contributed by atoms with Gasteiger partial charge in [0, 0.05) is 42.8 Å². The van der Waals surface area contributed by atoms with E-state index in [9.17, 15) is 4.79 Å². The smallest absolute Gasteiger partial charge is 0.226 e. The van der Waals surface area contributed by atoms with Gasteiger partial charge in [0.1, 0.15) is 0 Å². The molecule has 4 rings (SSSR count). The van der Waals surface area contributed by atoms with Crippen LogP contribution < -0.4 is 10.6 Å². The third-order valence-corrected chi connectivity index (χ3v) is 6.63. The summed E-state index contributed by atoms with van der Waals surface area (Å²) in [6.45, 7) is 11.1. The lowest BCUT2D eigenvalue weighted by atomic mass is 9.99. The molecule has 0 spiro atoms. The van der Waals surface area contributed by atoms with Crippen molar-refractivity contribution in [1.82, 2.24) is 19.8 Å². The van der Waals surface area contributed by atoms with Crippen LogP contribution in [-0.2, 0) is 10.3 Å². The van der Waals surface area contributed by atoms with Gasteiger partial charge in [0.25, 0.3) is 0 Å². The second-order valence-corrected chi connectivity index (χ2v) is 10.3. The first-order chi connectivity index (χ1) is 16.1. The van der Waals surface area contributed by atoms with E-state index in [0.717, 1.165) is 28.1 Å². The van der Waals surface area contributed by atoms with Gasteiger partial charge in [-0.1, -0.05) is 18.2 Å². The Hall–Kier alpha value is -3.19. The number of aromatic nitrogens is 2. The average molecular weight is 476 g/mol. The van der Waals surface area contributed by atoms with Gasteiger partial charge in [-0.2, -0.15) is 0 Å². The highest BCUT2D eigenvalue weighted by Crippen LogP contribution is 2.39. The summed E-state index contributed by atoms with van der Waals surface area (Å²) < 4.78 is 2.21. The molecule has 1 aromatic carbocycles. The molecular weight excluding hydrogens is 442 g/mol. The Kier molecular flexibility index (Phi) is 6.75. The molecule has 7 heteroatoms. The normalized spacial score (nSPS) is 18.1. The van der Waals surface area contributed by atoms with Crippen LogP contribution in [0, 0.1) is 13.8 Å². The minimum Gasteiger partial charge on any atom is -0.352 e. The Labute approximate surface area is 207 Å². The van der Waals surface area contributed by atoms with Gasteiger partial charge in [-0.25, -0.2) is 0 Å². The fourth-order valence-corrected chi connectivity index (χ4v) is 4.65. The van der Waals surface area contributed by atoms with Crippen molar-refractivity contribution in [2.45, 2.75) is 58.7 Å². The molecular formula is C27H33N5OS. The number of hydrogen-bond acceptors (Lipinski definition) is 3. The molecule has 34 heavy (non-hydrogen) atoms. The molecule has 1 amide bonds. The zero-order chi connectivity index (χ0) is 24.5. The number of anilines is 1. The number of rotatable bonds is 6. The Morgan fingerprint density at radius 1 is 1.18 bits per heavy atom. The van der Waals surface area contributed by atoms with Gasteiger partial charge in [-0.05, 0) is 87.8 Å². The Morgan fingerprint density at radius 3 is 2.65 bits per heavy atom. The predicted molar refractivity (Wildman–Crippen MR) is 141 cm³/mol. The van der Waals surface area contributed by atoms with Crippen LogP contribution in [0.15, 0.2) is 61.1 Å². The number of hydrogen-bond donors (Lipinski definition) is 2. The van der Waals surface area contributed by atoms with Gasteiger partial charge < -0.3 is 20.1 Å². The van der Waals surface area contributed by atoms with E-state index in [-0.39, 0.29) is 23.5 Å². The molecule has 1 fully saturated rings. The summed E-state index contributed by atoms with van der Waals surface area (Å²) in [5, 5.41) is 7.17. The standard InChI is InChI=1S/C27H33N5OS/c1-18-9-10-19(2)22(16-18)29-23(33)12-15-32-25(20-11-14-31(17-20)27(3,4)5)24(30-26(32)34)21-8-6-7-13-28-21/h6-11,13-14,16-17,24-25H,12,15H2,1-5H3,(H,29,33)(H,30,34)/t24-,25-/m1/s1. The molecule has 178 valence electrons. The number of nitrogens with zero attached hydrogens (tertiary/aromatic N) is 3. The van der Waals surface area contributed by atoms with Crippen LogP contribution in [0.4, 0.5) is 5.69 Å². The minimum atomic E-state index is -0.0911. The first-order valence-corrected chi connectivity index (χ1v) is 12.1. The number of benzene rings is 1. The number of carbonyl (C=O) groups excluding carboxylic acids is 1. The highest BCUT2D eigenvalue weighted by Gasteiger charge is 2.40. The van der Waals surface area contributed by atoms with Gasteiger partial charge in [-0.3, -0.25) is 9.78 Å². The van der Waals surface area contributed by atoms with Crippen molar-refractivity contribution < 1.29 is 4.79 Å². The number of carbonyl (C=O) groups is 1. The number of thiocarbonyl (C=S) groups is 1. The van der Waals surface area contributed by atoms with Crippen LogP contribution in [0.3, 0.4) is 0 Å². The third kappa shape index (κ3) is 5.14. The Balaban J connectivity index is 1.56. The van der Waals surface area contributed by atoms with Crippen molar-refractivity contribution in [3.8, 4) is 0 Å². The highest BCUT2D eigenvalue weighted by atomic mass is 32.1. The van der Waals surface area contributed by atoms with Crippen molar-refractivity contribution in [3.63, 3.8) is 0 Å². The van der Waals surface area contributed by atoms with Crippen LogP contribution in [0.25, 0.3) is 0 Å². The quantitative estimate of drug-likeness (QED) is 0.477. The maximum absolute atomic E-state index is 12.9. The van der Waals surface area contributed by atoms with E-state index in [4.69, 9.17) is 12.2 Å². The lowest BCUT2D eigenvalue weighted by Gasteiger charge is -2.27. The zero-order valence-corrected chi connectivity index (χ0v) is 21.3. The van der Waals surface area contributed by atoms with Crippen molar-refractivity contribution in [2.75, 3.05) is 11.9 Å². The van der Waals surface area contributed by atoms with Crippen LogP contribution in [-0.4, -0.2) is 32.0 Å². The molecule has 3 heterocycles. The number of aryl methyl sites for hydroxylation is 2. The molecule has 1 aliphatic rings. The maximum atomic E-state index is 12.9. The first kappa shape index (κ1) is 24.0. The molecule has 0 radical (unpaired) electrons.